The molecule has 1 aliphatic heterocycles. The van der Waals surface area contributed by atoms with Gasteiger partial charge in [-0.15, -0.1) is 0 Å². The maximum Gasteiger partial charge on any atom is 0.281 e. The first-order valence-electron chi connectivity index (χ1n) is 8.60. The van der Waals surface area contributed by atoms with Gasteiger partial charge in [-0.05, 0) is 66.2 Å². The molecule has 7 heteroatoms. The molecular formula is C22H14Cl2N2O3. The Morgan fingerprint density at radius 2 is 1.55 bits per heavy atom. The van der Waals surface area contributed by atoms with Crippen LogP contribution < -0.4 is 5.01 Å². The van der Waals surface area contributed by atoms with Crippen LogP contribution >= 0.6 is 23.2 Å². The predicted molar refractivity (Wildman–Crippen MR) is 115 cm³/mol. The fourth-order valence-corrected chi connectivity index (χ4v) is 3.51. The molecule has 3 aromatic rings. The summed E-state index contributed by atoms with van der Waals surface area (Å²) in [5, 5.41) is 25.8. The number of carbonyl (C=O) groups is 1. The number of aromatic hydroxyl groups is 2. The Kier molecular flexibility index (Phi) is 5.01. The quantitative estimate of drug-likeness (QED) is 0.564. The summed E-state index contributed by atoms with van der Waals surface area (Å²) in [6.07, 6.45) is 1.65. The predicted octanol–water partition coefficient (Wildman–Crippen LogP) is 5.24. The monoisotopic (exact) mass is 424 g/mol. The highest BCUT2D eigenvalue weighted by atomic mass is 35.5. The van der Waals surface area contributed by atoms with E-state index < -0.39 is 0 Å². The zero-order chi connectivity index (χ0) is 20.5. The summed E-state index contributed by atoms with van der Waals surface area (Å²) >= 11 is 12.2. The van der Waals surface area contributed by atoms with Gasteiger partial charge in [-0.3, -0.25) is 4.79 Å². The third kappa shape index (κ3) is 3.97. The van der Waals surface area contributed by atoms with Crippen molar-refractivity contribution in [2.24, 2.45) is 5.10 Å². The van der Waals surface area contributed by atoms with E-state index in [4.69, 9.17) is 23.2 Å². The molecule has 0 bridgehead atoms. The lowest BCUT2D eigenvalue weighted by molar-refractivity contribution is -0.114. The van der Waals surface area contributed by atoms with Crippen molar-refractivity contribution in [3.63, 3.8) is 0 Å². The molecule has 0 fully saturated rings. The summed E-state index contributed by atoms with van der Waals surface area (Å²) < 4.78 is 0. The highest BCUT2D eigenvalue weighted by molar-refractivity contribution is 6.38. The van der Waals surface area contributed by atoms with Gasteiger partial charge in [0.05, 0.1) is 11.3 Å². The number of nitrogens with zero attached hydrogens (tertiary/aromatic N) is 2. The van der Waals surface area contributed by atoms with Crippen molar-refractivity contribution in [3.05, 3.63) is 93.5 Å². The average molecular weight is 425 g/mol. The van der Waals surface area contributed by atoms with Gasteiger partial charge in [-0.2, -0.15) is 10.1 Å². The van der Waals surface area contributed by atoms with Crippen LogP contribution in [0.1, 0.15) is 11.1 Å². The fourth-order valence-electron chi connectivity index (χ4n) is 3.00. The van der Waals surface area contributed by atoms with E-state index in [0.29, 0.717) is 38.1 Å². The van der Waals surface area contributed by atoms with E-state index in [9.17, 15) is 15.0 Å². The topological polar surface area (TPSA) is 73.1 Å². The fraction of sp³-hybridized carbons (Fsp3) is 0. The summed E-state index contributed by atoms with van der Waals surface area (Å²) in [5.41, 5.74) is 2.49. The normalized spacial score (nSPS) is 15.1. The van der Waals surface area contributed by atoms with E-state index >= 15 is 0 Å². The second-order valence-electron chi connectivity index (χ2n) is 6.39. The maximum absolute atomic E-state index is 13.2. The molecule has 0 aliphatic carbocycles. The number of carbonyl (C=O) groups excluding carboxylic acids is 1. The number of halogens is 2. The average Bonchev–Trinajstić information content (AvgIpc) is 2.98. The number of rotatable bonds is 3. The largest absolute Gasteiger partial charge is 0.508 e. The first kappa shape index (κ1) is 19.1. The molecule has 1 amide bonds. The molecule has 29 heavy (non-hydrogen) atoms. The molecule has 0 spiro atoms. The number of benzene rings is 3. The van der Waals surface area contributed by atoms with Crippen LogP contribution in [0.25, 0.3) is 6.08 Å². The van der Waals surface area contributed by atoms with Crippen molar-refractivity contribution in [2.45, 2.75) is 0 Å². The van der Waals surface area contributed by atoms with Gasteiger partial charge in [0.15, 0.2) is 0 Å². The van der Waals surface area contributed by atoms with Gasteiger partial charge in [0.25, 0.3) is 5.91 Å². The minimum Gasteiger partial charge on any atom is -0.508 e. The number of hydrogen-bond acceptors (Lipinski definition) is 4. The molecule has 3 aromatic carbocycles. The van der Waals surface area contributed by atoms with Crippen molar-refractivity contribution in [1.29, 1.82) is 0 Å². The molecule has 4 rings (SSSR count). The Bertz CT molecular complexity index is 1150. The van der Waals surface area contributed by atoms with Crippen LogP contribution in [0, 0.1) is 0 Å². The standard InChI is InChI=1S/C22H14Cl2N2O3/c23-15-10-16(24)12-17(11-15)26-22(29)20(9-13-2-1-3-19(28)8-13)21(25-26)14-4-6-18(27)7-5-14/h1-12,27-28H/b20-9+. The number of anilines is 1. The highest BCUT2D eigenvalue weighted by Crippen LogP contribution is 2.32. The summed E-state index contributed by atoms with van der Waals surface area (Å²) in [4.78, 5) is 13.2. The maximum atomic E-state index is 13.2. The highest BCUT2D eigenvalue weighted by Gasteiger charge is 2.32. The molecule has 0 atom stereocenters. The second-order valence-corrected chi connectivity index (χ2v) is 7.27. The van der Waals surface area contributed by atoms with Gasteiger partial charge in [0.1, 0.15) is 17.2 Å². The van der Waals surface area contributed by atoms with Crippen LogP contribution in [0.4, 0.5) is 5.69 Å². The van der Waals surface area contributed by atoms with Gasteiger partial charge >= 0.3 is 0 Å². The van der Waals surface area contributed by atoms with Crippen molar-refractivity contribution >= 4 is 46.6 Å². The Balaban J connectivity index is 1.85. The number of phenolic OH excluding ortho intramolecular Hbond substituents is 2. The summed E-state index contributed by atoms with van der Waals surface area (Å²) in [5.74, 6) is -0.170. The molecule has 2 N–H and O–H groups in total. The second kappa shape index (κ2) is 7.62. The molecule has 5 nitrogen and oxygen atoms in total. The smallest absolute Gasteiger partial charge is 0.281 e. The van der Waals surface area contributed by atoms with Crippen LogP contribution in [-0.2, 0) is 4.79 Å². The number of amides is 1. The van der Waals surface area contributed by atoms with Crippen molar-refractivity contribution in [2.75, 3.05) is 5.01 Å². The number of phenols is 2. The first-order chi connectivity index (χ1) is 13.9. The lowest BCUT2D eigenvalue weighted by atomic mass is 10.00. The van der Waals surface area contributed by atoms with E-state index in [1.54, 1.807) is 60.7 Å². The van der Waals surface area contributed by atoms with E-state index in [1.165, 1.54) is 17.1 Å². The molecular weight excluding hydrogens is 411 g/mol. The van der Waals surface area contributed by atoms with Crippen LogP contribution in [0.3, 0.4) is 0 Å². The minimum absolute atomic E-state index is 0.0893. The van der Waals surface area contributed by atoms with E-state index in [1.807, 2.05) is 0 Å². The van der Waals surface area contributed by atoms with Crippen molar-refractivity contribution in [3.8, 4) is 11.5 Å². The zero-order valence-electron chi connectivity index (χ0n) is 14.9. The van der Waals surface area contributed by atoms with E-state index in [-0.39, 0.29) is 17.4 Å². The van der Waals surface area contributed by atoms with Gasteiger partial charge in [0, 0.05) is 15.6 Å². The van der Waals surface area contributed by atoms with Gasteiger partial charge in [-0.1, -0.05) is 35.3 Å². The lowest BCUT2D eigenvalue weighted by Gasteiger charge is -2.12. The molecule has 144 valence electrons. The molecule has 1 heterocycles. The Morgan fingerprint density at radius 1 is 0.862 bits per heavy atom. The van der Waals surface area contributed by atoms with Crippen molar-refractivity contribution in [1.82, 2.24) is 0 Å². The Hall–Kier alpha value is -3.28. The number of hydrazone groups is 1. The summed E-state index contributed by atoms with van der Waals surface area (Å²) in [6.45, 7) is 0. The lowest BCUT2D eigenvalue weighted by Crippen LogP contribution is -2.21. The first-order valence-corrected chi connectivity index (χ1v) is 9.36. The molecule has 0 saturated heterocycles. The SMILES string of the molecule is O=C1/C(=C/c2cccc(O)c2)C(c2ccc(O)cc2)=NN1c1cc(Cl)cc(Cl)c1. The summed E-state index contributed by atoms with van der Waals surface area (Å²) in [7, 11) is 0. The van der Waals surface area contributed by atoms with Gasteiger partial charge in [-0.25, -0.2) is 0 Å². The summed E-state index contributed by atoms with van der Waals surface area (Å²) in [6, 6.07) is 17.7. The van der Waals surface area contributed by atoms with Gasteiger partial charge in [0.2, 0.25) is 0 Å². The molecule has 0 unspecified atom stereocenters. The third-order valence-electron chi connectivity index (χ3n) is 4.29. The van der Waals surface area contributed by atoms with Crippen LogP contribution in [0.2, 0.25) is 10.0 Å². The molecule has 0 aromatic heterocycles. The molecule has 0 saturated carbocycles. The minimum atomic E-state index is -0.366. The molecule has 1 aliphatic rings. The van der Waals surface area contributed by atoms with Crippen molar-refractivity contribution < 1.29 is 15.0 Å². The van der Waals surface area contributed by atoms with E-state index in [0.717, 1.165) is 0 Å². The van der Waals surface area contributed by atoms with Crippen LogP contribution in [0.5, 0.6) is 11.5 Å². The molecule has 0 radical (unpaired) electrons. The van der Waals surface area contributed by atoms with Gasteiger partial charge < -0.3 is 10.2 Å². The Labute approximate surface area is 176 Å². The Morgan fingerprint density at radius 3 is 2.21 bits per heavy atom. The van der Waals surface area contributed by atoms with Crippen LogP contribution in [-0.4, -0.2) is 21.8 Å². The van der Waals surface area contributed by atoms with E-state index in [2.05, 4.69) is 5.10 Å². The zero-order valence-corrected chi connectivity index (χ0v) is 16.4. The number of hydrogen-bond donors (Lipinski definition) is 2. The van der Waals surface area contributed by atoms with Crippen LogP contribution in [0.15, 0.2) is 77.4 Å². The third-order valence-corrected chi connectivity index (χ3v) is 4.73.